The summed E-state index contributed by atoms with van der Waals surface area (Å²) in [5.41, 5.74) is 4.34. The van der Waals surface area contributed by atoms with E-state index in [2.05, 4.69) is 29.2 Å². The third-order valence-corrected chi connectivity index (χ3v) is 6.28. The maximum Gasteiger partial charge on any atom is 0.337 e. The molecule has 0 fully saturated rings. The monoisotopic (exact) mass is 433 g/mol. The number of carboxylic acid groups (broad SMARTS) is 1. The Kier molecular flexibility index (Phi) is 4.65. The van der Waals surface area contributed by atoms with Gasteiger partial charge in [0.15, 0.2) is 0 Å². The van der Waals surface area contributed by atoms with E-state index in [9.17, 15) is 9.90 Å². The van der Waals surface area contributed by atoms with Crippen molar-refractivity contribution in [2.75, 3.05) is 4.90 Å². The Hall–Kier alpha value is -3.01. The van der Waals surface area contributed by atoms with Crippen LogP contribution in [0.5, 0.6) is 0 Å². The third kappa shape index (κ3) is 3.11. The van der Waals surface area contributed by atoms with Gasteiger partial charge in [-0.3, -0.25) is 0 Å². The van der Waals surface area contributed by atoms with Crippen molar-refractivity contribution in [3.63, 3.8) is 0 Å². The molecule has 0 saturated carbocycles. The fraction of sp³-hybridized carbons (Fsp3) is 0.0800. The number of carbonyl (C=O) groups is 1. The van der Waals surface area contributed by atoms with Crippen molar-refractivity contribution in [2.45, 2.75) is 12.5 Å². The zero-order valence-corrected chi connectivity index (χ0v) is 17.4. The van der Waals surface area contributed by atoms with Crippen molar-refractivity contribution < 1.29 is 9.90 Å². The van der Waals surface area contributed by atoms with Gasteiger partial charge < -0.3 is 10.0 Å². The van der Waals surface area contributed by atoms with E-state index in [4.69, 9.17) is 23.2 Å². The van der Waals surface area contributed by atoms with Gasteiger partial charge in [0.2, 0.25) is 0 Å². The molecule has 4 aromatic carbocycles. The minimum Gasteiger partial charge on any atom is -0.478 e. The van der Waals surface area contributed by atoms with Crippen LogP contribution in [-0.4, -0.2) is 11.1 Å². The standard InChI is InChI=1S/C25H17Cl2NO2/c26-17-8-5-16(6-9-17)24-14-20-19-4-2-1-3-15(19)7-12-23(20)28(24)18-10-11-22(27)21(13-18)25(29)30/h1-13,24H,14H2,(H,29,30). The van der Waals surface area contributed by atoms with Crippen LogP contribution in [0.3, 0.4) is 0 Å². The van der Waals surface area contributed by atoms with Crippen LogP contribution in [0, 0.1) is 0 Å². The molecule has 5 heteroatoms. The van der Waals surface area contributed by atoms with Crippen LogP contribution in [0.1, 0.15) is 27.5 Å². The van der Waals surface area contributed by atoms with Crippen molar-refractivity contribution in [1.29, 1.82) is 0 Å². The molecule has 3 nitrogen and oxygen atoms in total. The summed E-state index contributed by atoms with van der Waals surface area (Å²) in [4.78, 5) is 13.9. The molecule has 0 spiro atoms. The molecule has 0 aliphatic carbocycles. The van der Waals surface area contributed by atoms with Crippen LogP contribution in [0.4, 0.5) is 11.4 Å². The molecule has 4 aromatic rings. The molecule has 0 saturated heterocycles. The molecule has 0 radical (unpaired) electrons. The number of rotatable bonds is 3. The smallest absolute Gasteiger partial charge is 0.337 e. The van der Waals surface area contributed by atoms with E-state index in [0.29, 0.717) is 5.02 Å². The van der Waals surface area contributed by atoms with E-state index in [1.807, 2.05) is 42.5 Å². The predicted octanol–water partition coefficient (Wildman–Crippen LogP) is 7.28. The molecular weight excluding hydrogens is 417 g/mol. The summed E-state index contributed by atoms with van der Waals surface area (Å²) in [6, 6.07) is 25.6. The van der Waals surface area contributed by atoms with Gasteiger partial charge in [0, 0.05) is 16.4 Å². The molecule has 1 aliphatic rings. The SMILES string of the molecule is O=C(O)c1cc(N2c3ccc4ccccc4c3CC2c2ccc(Cl)cc2)ccc1Cl. The molecule has 0 bridgehead atoms. The molecular formula is C25H17Cl2NO2. The molecule has 1 N–H and O–H groups in total. The first-order valence-corrected chi connectivity index (χ1v) is 10.4. The maximum atomic E-state index is 11.7. The average Bonchev–Trinajstić information content (AvgIpc) is 3.14. The van der Waals surface area contributed by atoms with Crippen molar-refractivity contribution in [3.8, 4) is 0 Å². The highest BCUT2D eigenvalue weighted by molar-refractivity contribution is 6.33. The fourth-order valence-electron chi connectivity index (χ4n) is 4.32. The number of anilines is 2. The minimum atomic E-state index is -1.04. The maximum absolute atomic E-state index is 11.7. The van der Waals surface area contributed by atoms with Gasteiger partial charge in [-0.2, -0.15) is 0 Å². The Morgan fingerprint density at radius 1 is 0.933 bits per heavy atom. The number of hydrogen-bond donors (Lipinski definition) is 1. The first-order chi connectivity index (χ1) is 14.5. The molecule has 30 heavy (non-hydrogen) atoms. The Morgan fingerprint density at radius 2 is 1.70 bits per heavy atom. The van der Waals surface area contributed by atoms with Crippen LogP contribution in [0.2, 0.25) is 10.0 Å². The lowest BCUT2D eigenvalue weighted by atomic mass is 9.98. The summed E-state index contributed by atoms with van der Waals surface area (Å²) >= 11 is 12.3. The Morgan fingerprint density at radius 3 is 2.47 bits per heavy atom. The number of nitrogens with zero attached hydrogens (tertiary/aromatic N) is 1. The quantitative estimate of drug-likeness (QED) is 0.368. The molecule has 5 rings (SSSR count). The Bertz CT molecular complexity index is 1280. The highest BCUT2D eigenvalue weighted by Crippen LogP contribution is 2.48. The summed E-state index contributed by atoms with van der Waals surface area (Å²) in [7, 11) is 0. The largest absolute Gasteiger partial charge is 0.478 e. The zero-order valence-electron chi connectivity index (χ0n) is 15.8. The number of benzene rings is 4. The first-order valence-electron chi connectivity index (χ1n) is 9.61. The summed E-state index contributed by atoms with van der Waals surface area (Å²) < 4.78 is 0. The lowest BCUT2D eigenvalue weighted by Crippen LogP contribution is -2.20. The molecule has 148 valence electrons. The lowest BCUT2D eigenvalue weighted by Gasteiger charge is -2.28. The second kappa shape index (κ2) is 7.35. The first kappa shape index (κ1) is 19.0. The van der Waals surface area contributed by atoms with Gasteiger partial charge in [-0.25, -0.2) is 4.79 Å². The van der Waals surface area contributed by atoms with Gasteiger partial charge in [-0.1, -0.05) is 65.7 Å². The number of halogens is 2. The van der Waals surface area contributed by atoms with Crippen LogP contribution in [0.25, 0.3) is 10.8 Å². The van der Waals surface area contributed by atoms with E-state index in [1.54, 1.807) is 12.1 Å². The molecule has 1 aliphatic heterocycles. The summed E-state index contributed by atoms with van der Waals surface area (Å²) in [5.74, 6) is -1.04. The fourth-order valence-corrected chi connectivity index (χ4v) is 4.64. The zero-order chi connectivity index (χ0) is 20.8. The second-order valence-corrected chi connectivity index (χ2v) is 8.24. The highest BCUT2D eigenvalue weighted by atomic mass is 35.5. The van der Waals surface area contributed by atoms with Crippen LogP contribution >= 0.6 is 23.2 Å². The van der Waals surface area contributed by atoms with Crippen LogP contribution in [-0.2, 0) is 6.42 Å². The van der Waals surface area contributed by atoms with Crippen molar-refractivity contribution in [2.24, 2.45) is 0 Å². The summed E-state index contributed by atoms with van der Waals surface area (Å²) in [5, 5.41) is 12.9. The van der Waals surface area contributed by atoms with E-state index < -0.39 is 5.97 Å². The molecule has 0 aromatic heterocycles. The summed E-state index contributed by atoms with van der Waals surface area (Å²) in [6.07, 6.45) is 0.809. The second-order valence-electron chi connectivity index (χ2n) is 7.40. The molecule has 1 unspecified atom stereocenters. The Balaban J connectivity index is 1.73. The van der Waals surface area contributed by atoms with Gasteiger partial charge in [-0.15, -0.1) is 0 Å². The Labute approximate surface area is 184 Å². The van der Waals surface area contributed by atoms with E-state index in [0.717, 1.165) is 23.4 Å². The van der Waals surface area contributed by atoms with Gasteiger partial charge in [-0.05, 0) is 64.7 Å². The summed E-state index contributed by atoms with van der Waals surface area (Å²) in [6.45, 7) is 0. The van der Waals surface area contributed by atoms with Gasteiger partial charge in [0.25, 0.3) is 0 Å². The van der Waals surface area contributed by atoms with E-state index in [1.165, 1.54) is 16.3 Å². The lowest BCUT2D eigenvalue weighted by molar-refractivity contribution is 0.0697. The minimum absolute atomic E-state index is 0.0193. The van der Waals surface area contributed by atoms with Crippen LogP contribution in [0.15, 0.2) is 78.9 Å². The van der Waals surface area contributed by atoms with Gasteiger partial charge in [0.05, 0.1) is 16.6 Å². The number of fused-ring (bicyclic) bond motifs is 3. The van der Waals surface area contributed by atoms with Gasteiger partial charge in [0.1, 0.15) is 0 Å². The molecule has 1 atom stereocenters. The van der Waals surface area contributed by atoms with Crippen molar-refractivity contribution >= 4 is 51.3 Å². The highest BCUT2D eigenvalue weighted by Gasteiger charge is 2.33. The molecule has 0 amide bonds. The van der Waals surface area contributed by atoms with Crippen molar-refractivity contribution in [1.82, 2.24) is 0 Å². The topological polar surface area (TPSA) is 40.5 Å². The normalized spacial score (nSPS) is 15.4. The predicted molar refractivity (Wildman–Crippen MR) is 122 cm³/mol. The van der Waals surface area contributed by atoms with Crippen molar-refractivity contribution in [3.05, 3.63) is 106 Å². The molecule has 1 heterocycles. The number of aromatic carboxylic acids is 1. The number of hydrogen-bond acceptors (Lipinski definition) is 2. The van der Waals surface area contributed by atoms with E-state index in [-0.39, 0.29) is 16.6 Å². The average molecular weight is 434 g/mol. The van der Waals surface area contributed by atoms with Gasteiger partial charge >= 0.3 is 5.97 Å². The number of carboxylic acids is 1. The van der Waals surface area contributed by atoms with E-state index >= 15 is 0 Å². The van der Waals surface area contributed by atoms with Crippen LogP contribution < -0.4 is 4.90 Å². The third-order valence-electron chi connectivity index (χ3n) is 5.70.